The van der Waals surface area contributed by atoms with Crippen molar-refractivity contribution in [3.05, 3.63) is 107 Å². The Bertz CT molecular complexity index is 1650. The van der Waals surface area contributed by atoms with Gasteiger partial charge in [-0.3, -0.25) is 14.4 Å². The molecule has 0 bridgehead atoms. The second-order valence-electron chi connectivity index (χ2n) is 8.15. The monoisotopic (exact) mass is 555 g/mol. The van der Waals surface area contributed by atoms with Crippen molar-refractivity contribution in [2.45, 2.75) is 18.4 Å². The molecule has 1 N–H and O–H groups in total. The molecule has 0 atom stereocenters. The Labute approximate surface area is 221 Å². The van der Waals surface area contributed by atoms with Gasteiger partial charge in [0.15, 0.2) is 5.13 Å². The summed E-state index contributed by atoms with van der Waals surface area (Å²) in [6.45, 7) is 2.06. The van der Waals surface area contributed by atoms with Crippen molar-refractivity contribution in [1.29, 1.82) is 0 Å². The quantitative estimate of drug-likeness (QED) is 0.243. The van der Waals surface area contributed by atoms with Crippen LogP contribution in [0.2, 0.25) is 5.02 Å². The number of hydrogen-bond donors (Lipinski definition) is 1. The van der Waals surface area contributed by atoms with Crippen molar-refractivity contribution in [1.82, 2.24) is 4.98 Å². The van der Waals surface area contributed by atoms with Crippen LogP contribution in [0.3, 0.4) is 0 Å². The summed E-state index contributed by atoms with van der Waals surface area (Å²) in [6, 6.07) is 17.7. The van der Waals surface area contributed by atoms with E-state index in [1.165, 1.54) is 58.9 Å². The van der Waals surface area contributed by atoms with Gasteiger partial charge in [0.2, 0.25) is 0 Å². The number of amides is 1. The van der Waals surface area contributed by atoms with Gasteiger partial charge < -0.3 is 4.42 Å². The molecule has 1 amide bonds. The van der Waals surface area contributed by atoms with E-state index < -0.39 is 15.8 Å². The van der Waals surface area contributed by atoms with E-state index in [9.17, 15) is 17.6 Å². The number of sulfonamides is 1. The molecule has 0 fully saturated rings. The Kier molecular flexibility index (Phi) is 6.72. The second kappa shape index (κ2) is 9.97. The Hall–Kier alpha value is -3.73. The van der Waals surface area contributed by atoms with Crippen molar-refractivity contribution >= 4 is 59.9 Å². The molecule has 0 spiro atoms. The van der Waals surface area contributed by atoms with Gasteiger partial charge in [0.25, 0.3) is 15.9 Å². The maximum absolute atomic E-state index is 13.6. The number of aromatic nitrogens is 1. The molecule has 5 aromatic rings. The summed E-state index contributed by atoms with van der Waals surface area (Å²) < 4.78 is 47.1. The molecule has 2 heterocycles. The van der Waals surface area contributed by atoms with Crippen molar-refractivity contribution in [3.63, 3.8) is 0 Å². The van der Waals surface area contributed by atoms with E-state index in [0.29, 0.717) is 21.5 Å². The minimum Gasteiger partial charge on any atom is -0.467 e. The Morgan fingerprint density at radius 1 is 1.08 bits per heavy atom. The minimum absolute atomic E-state index is 0.0801. The molecular weight excluding hydrogens is 537 g/mol. The van der Waals surface area contributed by atoms with Gasteiger partial charge in [0, 0.05) is 11.3 Å². The maximum Gasteiger partial charge on any atom is 0.261 e. The van der Waals surface area contributed by atoms with Crippen molar-refractivity contribution in [2.75, 3.05) is 9.62 Å². The van der Waals surface area contributed by atoms with Crippen molar-refractivity contribution in [3.8, 4) is 0 Å². The van der Waals surface area contributed by atoms with Crippen molar-refractivity contribution < 1.29 is 22.0 Å². The standard InChI is InChI=1S/C26H19ClFN3O4S2/c1-16-4-13-22(27)24-23(16)29-26(36-24)31(15-20-3-2-14-35-20)25(32)17-5-9-19(10-6-17)30-37(33,34)21-11-7-18(28)8-12-21/h2-14,30H,15H2,1H3. The van der Waals surface area contributed by atoms with Crippen LogP contribution in [-0.2, 0) is 16.6 Å². The average Bonchev–Trinajstić information content (AvgIpc) is 3.56. The topological polar surface area (TPSA) is 92.5 Å². The smallest absolute Gasteiger partial charge is 0.261 e. The van der Waals surface area contributed by atoms with Gasteiger partial charge in [0.1, 0.15) is 11.6 Å². The normalized spacial score (nSPS) is 11.5. The summed E-state index contributed by atoms with van der Waals surface area (Å²) in [6.07, 6.45) is 1.53. The summed E-state index contributed by atoms with van der Waals surface area (Å²) in [5.41, 5.74) is 2.22. The zero-order valence-electron chi connectivity index (χ0n) is 19.3. The van der Waals surface area contributed by atoms with Gasteiger partial charge in [-0.05, 0) is 79.2 Å². The van der Waals surface area contributed by atoms with Gasteiger partial charge >= 0.3 is 0 Å². The van der Waals surface area contributed by atoms with Crippen LogP contribution in [0.1, 0.15) is 21.7 Å². The lowest BCUT2D eigenvalue weighted by molar-refractivity contribution is 0.0983. The Morgan fingerprint density at radius 3 is 2.46 bits per heavy atom. The van der Waals surface area contributed by atoms with E-state index in [1.54, 1.807) is 18.2 Å². The molecule has 0 saturated heterocycles. The number of aryl methyl sites for hydroxylation is 1. The first-order valence-corrected chi connectivity index (χ1v) is 13.7. The SMILES string of the molecule is Cc1ccc(Cl)c2sc(N(Cc3ccco3)C(=O)c3ccc(NS(=O)(=O)c4ccc(F)cc4)cc3)nc12. The third-order valence-corrected chi connectivity index (χ3v) is 8.50. The molecule has 0 aliphatic carbocycles. The van der Waals surface area contributed by atoms with E-state index >= 15 is 0 Å². The number of thiazole rings is 1. The summed E-state index contributed by atoms with van der Waals surface area (Å²) in [4.78, 5) is 19.7. The number of nitrogens with one attached hydrogen (secondary N) is 1. The summed E-state index contributed by atoms with van der Waals surface area (Å²) in [5, 5.41) is 1.00. The molecule has 37 heavy (non-hydrogen) atoms. The lowest BCUT2D eigenvalue weighted by atomic mass is 10.2. The molecule has 188 valence electrons. The largest absolute Gasteiger partial charge is 0.467 e. The molecule has 2 aromatic heterocycles. The molecule has 0 unspecified atom stereocenters. The van der Waals surface area contributed by atoms with E-state index in [4.69, 9.17) is 16.0 Å². The zero-order chi connectivity index (χ0) is 26.2. The number of halogens is 2. The van der Waals surface area contributed by atoms with Crippen LogP contribution in [0, 0.1) is 12.7 Å². The number of hydrogen-bond acceptors (Lipinski definition) is 6. The number of nitrogens with zero attached hydrogens (tertiary/aromatic N) is 2. The summed E-state index contributed by atoms with van der Waals surface area (Å²) in [7, 11) is -3.93. The predicted octanol–water partition coefficient (Wildman–Crippen LogP) is 6.64. The molecule has 0 radical (unpaired) electrons. The fraction of sp³-hybridized carbons (Fsp3) is 0.0769. The lowest BCUT2D eigenvalue weighted by Crippen LogP contribution is -2.30. The number of benzene rings is 3. The molecule has 0 aliphatic rings. The number of carbonyl (C=O) groups excluding carboxylic acids is 1. The average molecular weight is 556 g/mol. The number of anilines is 2. The Balaban J connectivity index is 1.44. The van der Waals surface area contributed by atoms with Crippen LogP contribution < -0.4 is 9.62 Å². The van der Waals surface area contributed by atoms with Crippen molar-refractivity contribution in [2.24, 2.45) is 0 Å². The molecule has 3 aromatic carbocycles. The molecular formula is C26H19ClFN3O4S2. The van der Waals surface area contributed by atoms with E-state index in [0.717, 1.165) is 27.9 Å². The Morgan fingerprint density at radius 2 is 1.81 bits per heavy atom. The van der Waals surface area contributed by atoms with E-state index in [2.05, 4.69) is 9.71 Å². The second-order valence-corrected chi connectivity index (χ2v) is 11.2. The zero-order valence-corrected chi connectivity index (χ0v) is 21.7. The maximum atomic E-state index is 13.6. The van der Waals surface area contributed by atoms with E-state index in [1.807, 2.05) is 13.0 Å². The number of carbonyl (C=O) groups is 1. The highest BCUT2D eigenvalue weighted by Crippen LogP contribution is 2.36. The first-order chi connectivity index (χ1) is 17.7. The summed E-state index contributed by atoms with van der Waals surface area (Å²) in [5.74, 6) is -0.317. The minimum atomic E-state index is -3.93. The molecule has 11 heteroatoms. The third kappa shape index (κ3) is 5.22. The van der Waals surface area contributed by atoms with Gasteiger partial charge in [-0.1, -0.05) is 29.0 Å². The highest BCUT2D eigenvalue weighted by atomic mass is 35.5. The predicted molar refractivity (Wildman–Crippen MR) is 142 cm³/mol. The van der Waals surface area contributed by atoms with Gasteiger partial charge in [-0.25, -0.2) is 17.8 Å². The highest BCUT2D eigenvalue weighted by Gasteiger charge is 2.24. The third-order valence-electron chi connectivity index (χ3n) is 5.56. The van der Waals surface area contributed by atoms with E-state index in [-0.39, 0.29) is 23.0 Å². The van der Waals surface area contributed by atoms with Gasteiger partial charge in [-0.15, -0.1) is 0 Å². The molecule has 0 saturated carbocycles. The van der Waals surface area contributed by atoms with Crippen LogP contribution in [0.15, 0.2) is 88.4 Å². The highest BCUT2D eigenvalue weighted by molar-refractivity contribution is 7.92. The number of furan rings is 1. The number of rotatable bonds is 7. The van der Waals surface area contributed by atoms with Crippen LogP contribution in [0.4, 0.5) is 15.2 Å². The first-order valence-electron chi connectivity index (χ1n) is 11.0. The first kappa shape index (κ1) is 24.9. The van der Waals surface area contributed by atoms with Crippen LogP contribution in [0.25, 0.3) is 10.2 Å². The van der Waals surface area contributed by atoms with Gasteiger partial charge in [0.05, 0.1) is 32.9 Å². The van der Waals surface area contributed by atoms with Crippen LogP contribution in [-0.4, -0.2) is 19.3 Å². The molecule has 5 rings (SSSR count). The van der Waals surface area contributed by atoms with Gasteiger partial charge in [-0.2, -0.15) is 0 Å². The molecule has 7 nitrogen and oxygen atoms in total. The van der Waals surface area contributed by atoms with Crippen LogP contribution >= 0.6 is 22.9 Å². The lowest BCUT2D eigenvalue weighted by Gasteiger charge is -2.19. The number of fused-ring (bicyclic) bond motifs is 1. The molecule has 0 aliphatic heterocycles. The van der Waals surface area contributed by atoms with Crippen LogP contribution in [0.5, 0.6) is 0 Å². The summed E-state index contributed by atoms with van der Waals surface area (Å²) >= 11 is 7.69. The fourth-order valence-corrected chi connectivity index (χ4v) is 6.03. The fourth-order valence-electron chi connectivity index (χ4n) is 3.66.